The molecule has 12 heavy (non-hydrogen) atoms. The fourth-order valence-electron chi connectivity index (χ4n) is 2.52. The van der Waals surface area contributed by atoms with E-state index in [1.54, 1.807) is 0 Å². The monoisotopic (exact) mass is 168 g/mol. The van der Waals surface area contributed by atoms with Gasteiger partial charge in [-0.05, 0) is 37.8 Å². The average molecular weight is 168 g/mol. The minimum Gasteiger partial charge on any atom is -0.312 e. The first-order valence-electron chi connectivity index (χ1n) is 5.22. The summed E-state index contributed by atoms with van der Waals surface area (Å²) in [5, 5.41) is 7.28. The number of hydrogen-bond acceptors (Lipinski definition) is 2. The molecule has 2 saturated heterocycles. The van der Waals surface area contributed by atoms with Gasteiger partial charge in [0, 0.05) is 12.1 Å². The zero-order valence-corrected chi connectivity index (χ0v) is 8.14. The van der Waals surface area contributed by atoms with Gasteiger partial charge in [0.2, 0.25) is 0 Å². The number of rotatable bonds is 0. The van der Waals surface area contributed by atoms with E-state index in [1.807, 2.05) is 0 Å². The quantitative estimate of drug-likeness (QED) is 0.563. The Morgan fingerprint density at radius 1 is 0.833 bits per heavy atom. The van der Waals surface area contributed by atoms with Crippen LogP contribution in [0.4, 0.5) is 0 Å². The van der Waals surface area contributed by atoms with Gasteiger partial charge < -0.3 is 10.6 Å². The van der Waals surface area contributed by atoms with Crippen LogP contribution >= 0.6 is 0 Å². The minimum atomic E-state index is 0.755. The molecule has 2 rings (SSSR count). The van der Waals surface area contributed by atoms with Gasteiger partial charge >= 0.3 is 0 Å². The van der Waals surface area contributed by atoms with E-state index in [0.29, 0.717) is 0 Å². The van der Waals surface area contributed by atoms with E-state index >= 15 is 0 Å². The highest BCUT2D eigenvalue weighted by atomic mass is 15.1. The first-order chi connectivity index (χ1) is 5.75. The zero-order valence-electron chi connectivity index (χ0n) is 8.14. The zero-order chi connectivity index (χ0) is 8.55. The molecule has 2 aliphatic rings. The molecule has 0 aromatic carbocycles. The second kappa shape index (κ2) is 3.35. The summed E-state index contributed by atoms with van der Waals surface area (Å²) in [4.78, 5) is 0. The summed E-state index contributed by atoms with van der Waals surface area (Å²) >= 11 is 0. The Labute approximate surface area is 75.1 Å². The van der Waals surface area contributed by atoms with Crippen LogP contribution in [-0.4, -0.2) is 25.2 Å². The summed E-state index contributed by atoms with van der Waals surface area (Å²) < 4.78 is 0. The Balaban J connectivity index is 1.94. The molecule has 0 bridgehead atoms. The highest BCUT2D eigenvalue weighted by Crippen LogP contribution is 2.22. The Morgan fingerprint density at radius 3 is 1.67 bits per heavy atom. The molecule has 0 radical (unpaired) electrons. The van der Waals surface area contributed by atoms with Crippen LogP contribution in [0.3, 0.4) is 0 Å². The van der Waals surface area contributed by atoms with Gasteiger partial charge in [0.15, 0.2) is 0 Å². The molecule has 0 saturated carbocycles. The Hall–Kier alpha value is -0.0800. The van der Waals surface area contributed by atoms with Gasteiger partial charge in [0.1, 0.15) is 0 Å². The lowest BCUT2D eigenvalue weighted by molar-refractivity contribution is 0.181. The standard InChI is InChI=1S/C10H20N2/c1-7-3-9-10(11-5-7)4-8(2)6-12-9/h7-12H,3-6H2,1-2H3. The van der Waals surface area contributed by atoms with Gasteiger partial charge in [-0.1, -0.05) is 13.8 Å². The van der Waals surface area contributed by atoms with Crippen molar-refractivity contribution in [1.29, 1.82) is 0 Å². The van der Waals surface area contributed by atoms with Crippen LogP contribution in [0.5, 0.6) is 0 Å². The van der Waals surface area contributed by atoms with Crippen LogP contribution in [0.25, 0.3) is 0 Å². The van der Waals surface area contributed by atoms with E-state index in [2.05, 4.69) is 24.5 Å². The Bertz CT molecular complexity index is 140. The van der Waals surface area contributed by atoms with Crippen molar-refractivity contribution in [3.63, 3.8) is 0 Å². The minimum absolute atomic E-state index is 0.755. The topological polar surface area (TPSA) is 24.1 Å². The number of piperidine rings is 2. The average Bonchev–Trinajstić information content (AvgIpc) is 2.05. The molecule has 0 spiro atoms. The molecular weight excluding hydrogens is 148 g/mol. The van der Waals surface area contributed by atoms with Crippen molar-refractivity contribution in [2.75, 3.05) is 13.1 Å². The first kappa shape index (κ1) is 8.52. The first-order valence-corrected chi connectivity index (χ1v) is 5.22. The van der Waals surface area contributed by atoms with E-state index in [-0.39, 0.29) is 0 Å². The third-order valence-corrected chi connectivity index (χ3v) is 3.26. The molecule has 0 amide bonds. The highest BCUT2D eigenvalue weighted by Gasteiger charge is 2.32. The third kappa shape index (κ3) is 1.64. The molecular formula is C10H20N2. The van der Waals surface area contributed by atoms with Gasteiger partial charge in [0.25, 0.3) is 0 Å². The molecule has 2 N–H and O–H groups in total. The van der Waals surface area contributed by atoms with Crippen molar-refractivity contribution in [2.24, 2.45) is 11.8 Å². The van der Waals surface area contributed by atoms with Crippen LogP contribution in [0.1, 0.15) is 26.7 Å². The van der Waals surface area contributed by atoms with Crippen molar-refractivity contribution in [1.82, 2.24) is 10.6 Å². The normalized spacial score (nSPS) is 48.5. The lowest BCUT2D eigenvalue weighted by Gasteiger charge is -2.42. The number of hydrogen-bond donors (Lipinski definition) is 2. The second-order valence-corrected chi connectivity index (χ2v) is 4.71. The summed E-state index contributed by atoms with van der Waals surface area (Å²) in [5.41, 5.74) is 0. The van der Waals surface area contributed by atoms with Gasteiger partial charge in [-0.15, -0.1) is 0 Å². The summed E-state index contributed by atoms with van der Waals surface area (Å²) in [6.07, 6.45) is 2.73. The van der Waals surface area contributed by atoms with Crippen LogP contribution in [0.2, 0.25) is 0 Å². The largest absolute Gasteiger partial charge is 0.312 e. The van der Waals surface area contributed by atoms with Crippen LogP contribution in [0.15, 0.2) is 0 Å². The maximum Gasteiger partial charge on any atom is 0.0224 e. The molecule has 2 heteroatoms. The maximum absolute atomic E-state index is 3.64. The molecule has 2 aliphatic heterocycles. The van der Waals surface area contributed by atoms with Crippen molar-refractivity contribution in [3.05, 3.63) is 0 Å². The SMILES string of the molecule is CC1CNC2CC(C)CNC2C1. The molecule has 2 heterocycles. The predicted molar refractivity (Wildman–Crippen MR) is 51.1 cm³/mol. The van der Waals surface area contributed by atoms with E-state index in [9.17, 15) is 0 Å². The third-order valence-electron chi connectivity index (χ3n) is 3.26. The second-order valence-electron chi connectivity index (χ2n) is 4.71. The van der Waals surface area contributed by atoms with Crippen molar-refractivity contribution in [3.8, 4) is 0 Å². The number of fused-ring (bicyclic) bond motifs is 1. The van der Waals surface area contributed by atoms with Gasteiger partial charge in [-0.2, -0.15) is 0 Å². The molecule has 4 atom stereocenters. The Morgan fingerprint density at radius 2 is 1.25 bits per heavy atom. The Kier molecular flexibility index (Phi) is 2.37. The highest BCUT2D eigenvalue weighted by molar-refractivity contribution is 4.93. The van der Waals surface area contributed by atoms with E-state index < -0.39 is 0 Å². The molecule has 2 fully saturated rings. The fourth-order valence-corrected chi connectivity index (χ4v) is 2.52. The summed E-state index contributed by atoms with van der Waals surface area (Å²) in [6, 6.07) is 1.51. The molecule has 2 nitrogen and oxygen atoms in total. The molecule has 70 valence electrons. The van der Waals surface area contributed by atoms with Crippen molar-refractivity contribution in [2.45, 2.75) is 38.8 Å². The summed E-state index contributed by atoms with van der Waals surface area (Å²) in [7, 11) is 0. The number of nitrogens with one attached hydrogen (secondary N) is 2. The maximum atomic E-state index is 3.64. The predicted octanol–water partition coefficient (Wildman–Crippen LogP) is 0.982. The van der Waals surface area contributed by atoms with Gasteiger partial charge in [-0.25, -0.2) is 0 Å². The molecule has 4 unspecified atom stereocenters. The lowest BCUT2D eigenvalue weighted by atomic mass is 9.83. The van der Waals surface area contributed by atoms with E-state index in [1.165, 1.54) is 25.9 Å². The van der Waals surface area contributed by atoms with E-state index in [4.69, 9.17) is 0 Å². The fraction of sp³-hybridized carbons (Fsp3) is 1.00. The van der Waals surface area contributed by atoms with Crippen LogP contribution in [0, 0.1) is 11.8 Å². The van der Waals surface area contributed by atoms with Crippen molar-refractivity contribution >= 4 is 0 Å². The van der Waals surface area contributed by atoms with Crippen LogP contribution < -0.4 is 10.6 Å². The van der Waals surface area contributed by atoms with Gasteiger partial charge in [-0.3, -0.25) is 0 Å². The van der Waals surface area contributed by atoms with Gasteiger partial charge in [0.05, 0.1) is 0 Å². The summed E-state index contributed by atoms with van der Waals surface area (Å²) in [5.74, 6) is 1.71. The van der Waals surface area contributed by atoms with Crippen molar-refractivity contribution < 1.29 is 0 Å². The molecule has 0 aliphatic carbocycles. The van der Waals surface area contributed by atoms with Crippen LogP contribution in [-0.2, 0) is 0 Å². The molecule has 0 aromatic rings. The van der Waals surface area contributed by atoms with E-state index in [0.717, 1.165) is 23.9 Å². The smallest absolute Gasteiger partial charge is 0.0224 e. The summed E-state index contributed by atoms with van der Waals surface area (Å²) in [6.45, 7) is 7.11. The lowest BCUT2D eigenvalue weighted by Crippen LogP contribution is -2.58. The molecule has 0 aromatic heterocycles.